The first-order valence-corrected chi connectivity index (χ1v) is 11.1. The number of hydrazine groups is 2. The fourth-order valence-electron chi connectivity index (χ4n) is 2.55. The molecule has 0 aromatic rings. The number of imide groups is 1. The van der Waals surface area contributed by atoms with E-state index in [1.807, 2.05) is 67.8 Å². The van der Waals surface area contributed by atoms with E-state index >= 15 is 0 Å². The van der Waals surface area contributed by atoms with Crippen LogP contribution in [0.15, 0.2) is 0 Å². The van der Waals surface area contributed by atoms with Crippen molar-refractivity contribution in [2.24, 2.45) is 10.8 Å². The monoisotopic (exact) mass is 474 g/mol. The van der Waals surface area contributed by atoms with Crippen molar-refractivity contribution in [1.29, 1.82) is 0 Å². The Balaban J connectivity index is -0.000000414. The molecule has 1 N–H and O–H groups in total. The molecule has 0 aliphatic carbocycles. The van der Waals surface area contributed by atoms with Gasteiger partial charge in [0.05, 0.1) is 0 Å². The largest absolute Gasteiger partial charge is 0.341 e. The second-order valence-electron chi connectivity index (χ2n) is 9.87. The van der Waals surface area contributed by atoms with Crippen LogP contribution in [0.4, 0.5) is 4.79 Å². The van der Waals surface area contributed by atoms with Gasteiger partial charge in [0.1, 0.15) is 0 Å². The first kappa shape index (κ1) is 35.4. The fourth-order valence-corrected chi connectivity index (χ4v) is 2.55. The van der Waals surface area contributed by atoms with Gasteiger partial charge >= 0.3 is 6.03 Å². The maximum atomic E-state index is 11.7. The van der Waals surface area contributed by atoms with E-state index in [0.29, 0.717) is 0 Å². The van der Waals surface area contributed by atoms with Gasteiger partial charge in [0, 0.05) is 73.1 Å². The number of nitrogens with one attached hydrogen (secondary N) is 1. The molecule has 0 heterocycles. The Bertz CT molecular complexity index is 621. The summed E-state index contributed by atoms with van der Waals surface area (Å²) in [4.78, 5) is 45.9. The minimum atomic E-state index is -0.513. The number of urea groups is 1. The van der Waals surface area contributed by atoms with E-state index in [9.17, 15) is 19.2 Å². The smallest absolute Gasteiger partial charge is 0.323 e. The van der Waals surface area contributed by atoms with E-state index < -0.39 is 5.41 Å². The van der Waals surface area contributed by atoms with E-state index in [1.165, 1.54) is 14.1 Å². The SMILES string of the molecule is CCN(C(=O)C(C)(C)C)N(C)C.CCN(C(C)=O)N(C)C.CNC(=O)N(C)C(=O)C(C)(C)C. The van der Waals surface area contributed by atoms with Crippen LogP contribution >= 0.6 is 0 Å². The lowest BCUT2D eigenvalue weighted by atomic mass is 9.95. The molecule has 10 nitrogen and oxygen atoms in total. The molecular weight excluding hydrogens is 424 g/mol. The van der Waals surface area contributed by atoms with Crippen molar-refractivity contribution >= 4 is 23.8 Å². The van der Waals surface area contributed by atoms with Crippen molar-refractivity contribution in [2.75, 3.05) is 55.4 Å². The molecule has 5 amide bonds. The molecule has 0 saturated carbocycles. The second-order valence-corrected chi connectivity index (χ2v) is 9.87. The lowest BCUT2D eigenvalue weighted by Gasteiger charge is -2.33. The molecule has 0 aromatic heterocycles. The van der Waals surface area contributed by atoms with Crippen LogP contribution in [-0.2, 0) is 14.4 Å². The van der Waals surface area contributed by atoms with Crippen molar-refractivity contribution in [2.45, 2.75) is 62.3 Å². The molecule has 0 radical (unpaired) electrons. The standard InChI is InChI=1S/C9H20N2O.C8H16N2O2.C6H14N2O/c1-7-11(10(5)6)8(12)9(2,3)4;1-8(2,3)6(11)10(5)7(12)9-4;1-5-8(6(2)9)7(3)4/h7H2,1-6H3;1-5H3,(H,9,12);5H2,1-4H3. The van der Waals surface area contributed by atoms with Crippen LogP contribution in [0.1, 0.15) is 62.3 Å². The van der Waals surface area contributed by atoms with Crippen LogP contribution in [0.3, 0.4) is 0 Å². The molecular formula is C23H50N6O4. The van der Waals surface area contributed by atoms with Gasteiger partial charge in [-0.1, -0.05) is 41.5 Å². The number of hydrogen-bond acceptors (Lipinski definition) is 6. The normalized spacial score (nSPS) is 10.9. The lowest BCUT2D eigenvalue weighted by Crippen LogP contribution is -2.47. The summed E-state index contributed by atoms with van der Waals surface area (Å²) in [5, 5.41) is 9.38. The summed E-state index contributed by atoms with van der Waals surface area (Å²) in [6.45, 7) is 18.1. The quantitative estimate of drug-likeness (QED) is 0.629. The van der Waals surface area contributed by atoms with Crippen molar-refractivity contribution in [3.8, 4) is 0 Å². The zero-order valence-electron chi connectivity index (χ0n) is 23.8. The highest BCUT2D eigenvalue weighted by atomic mass is 16.2. The van der Waals surface area contributed by atoms with Crippen LogP contribution in [0, 0.1) is 10.8 Å². The summed E-state index contributed by atoms with van der Waals surface area (Å²) < 4.78 is 0. The van der Waals surface area contributed by atoms with Gasteiger partial charge < -0.3 is 5.32 Å². The van der Waals surface area contributed by atoms with Crippen molar-refractivity contribution in [3.05, 3.63) is 0 Å². The summed E-state index contributed by atoms with van der Waals surface area (Å²) in [5.41, 5.74) is -0.804. The zero-order chi connectivity index (χ0) is 27.3. The molecule has 10 heteroatoms. The molecule has 0 aliphatic heterocycles. The van der Waals surface area contributed by atoms with Gasteiger partial charge in [0.2, 0.25) is 17.7 Å². The molecule has 0 fully saturated rings. The molecule has 0 saturated heterocycles. The molecule has 0 spiro atoms. The predicted octanol–water partition coefficient (Wildman–Crippen LogP) is 2.52. The Hall–Kier alpha value is -2.20. The van der Waals surface area contributed by atoms with Gasteiger partial charge in [-0.2, -0.15) is 0 Å². The molecule has 0 aliphatic rings. The van der Waals surface area contributed by atoms with Crippen LogP contribution in [0.5, 0.6) is 0 Å². The van der Waals surface area contributed by atoms with Crippen LogP contribution in [-0.4, -0.2) is 104 Å². The Labute approximate surface area is 202 Å². The maximum absolute atomic E-state index is 11.7. The number of rotatable bonds is 4. The zero-order valence-corrected chi connectivity index (χ0v) is 23.8. The average molecular weight is 475 g/mol. The third-order valence-electron chi connectivity index (χ3n) is 4.27. The molecule has 0 aromatic carbocycles. The van der Waals surface area contributed by atoms with Gasteiger partial charge in [-0.15, -0.1) is 0 Å². The molecule has 0 unspecified atom stereocenters. The summed E-state index contributed by atoms with van der Waals surface area (Å²) in [6, 6.07) is -0.380. The van der Waals surface area contributed by atoms with E-state index in [-0.39, 0.29) is 29.2 Å². The van der Waals surface area contributed by atoms with E-state index in [0.717, 1.165) is 18.0 Å². The summed E-state index contributed by atoms with van der Waals surface area (Å²) in [5.74, 6) is 0.0550. The van der Waals surface area contributed by atoms with E-state index in [2.05, 4.69) is 5.32 Å². The minimum Gasteiger partial charge on any atom is -0.341 e. The Morgan fingerprint density at radius 1 is 0.667 bits per heavy atom. The van der Waals surface area contributed by atoms with Crippen LogP contribution in [0.25, 0.3) is 0 Å². The predicted molar refractivity (Wildman–Crippen MR) is 134 cm³/mol. The molecule has 33 heavy (non-hydrogen) atoms. The number of hydrogen-bond donors (Lipinski definition) is 1. The summed E-state index contributed by atoms with van der Waals surface area (Å²) in [7, 11) is 10.4. The molecule has 196 valence electrons. The Morgan fingerprint density at radius 3 is 1.12 bits per heavy atom. The first-order valence-electron chi connectivity index (χ1n) is 11.1. The molecule has 0 bridgehead atoms. The summed E-state index contributed by atoms with van der Waals surface area (Å²) in [6.07, 6.45) is 0. The van der Waals surface area contributed by atoms with Crippen molar-refractivity contribution in [3.63, 3.8) is 0 Å². The van der Waals surface area contributed by atoms with Gasteiger partial charge in [0.25, 0.3) is 0 Å². The summed E-state index contributed by atoms with van der Waals surface area (Å²) >= 11 is 0. The topological polar surface area (TPSA) is 96.5 Å². The van der Waals surface area contributed by atoms with Crippen molar-refractivity contribution in [1.82, 2.24) is 30.3 Å². The number of nitrogens with zero attached hydrogens (tertiary/aromatic N) is 5. The van der Waals surface area contributed by atoms with Crippen molar-refractivity contribution < 1.29 is 19.2 Å². The van der Waals surface area contributed by atoms with Gasteiger partial charge in [-0.3, -0.25) is 29.3 Å². The second kappa shape index (κ2) is 15.6. The number of carbonyl (C=O) groups is 4. The van der Waals surface area contributed by atoms with Crippen LogP contribution < -0.4 is 5.32 Å². The Morgan fingerprint density at radius 2 is 1.00 bits per heavy atom. The highest BCUT2D eigenvalue weighted by Crippen LogP contribution is 2.17. The third-order valence-corrected chi connectivity index (χ3v) is 4.27. The van der Waals surface area contributed by atoms with Gasteiger partial charge in [-0.05, 0) is 13.8 Å². The number of amides is 5. The average Bonchev–Trinajstić information content (AvgIpc) is 2.65. The van der Waals surface area contributed by atoms with Gasteiger partial charge in [0.15, 0.2) is 0 Å². The number of carbonyl (C=O) groups excluding carboxylic acids is 4. The van der Waals surface area contributed by atoms with Crippen LogP contribution in [0.2, 0.25) is 0 Å². The lowest BCUT2D eigenvalue weighted by molar-refractivity contribution is -0.153. The maximum Gasteiger partial charge on any atom is 0.323 e. The van der Waals surface area contributed by atoms with E-state index in [4.69, 9.17) is 0 Å². The van der Waals surface area contributed by atoms with Gasteiger partial charge in [-0.25, -0.2) is 14.8 Å². The fraction of sp³-hybridized carbons (Fsp3) is 0.826. The Kier molecular flexibility index (Phi) is 16.7. The minimum absolute atomic E-state index is 0.0856. The third kappa shape index (κ3) is 14.5. The first-order chi connectivity index (χ1) is 14.7. The highest BCUT2D eigenvalue weighted by molar-refractivity contribution is 5.96. The van der Waals surface area contributed by atoms with E-state index in [1.54, 1.807) is 42.7 Å². The molecule has 0 rings (SSSR count). The molecule has 0 atom stereocenters. The highest BCUT2D eigenvalue weighted by Gasteiger charge is 2.28.